The molecule has 0 bridgehead atoms. The summed E-state index contributed by atoms with van der Waals surface area (Å²) < 4.78 is 6.53. The molecule has 35 heavy (non-hydrogen) atoms. The maximum Gasteiger partial charge on any atom is 0.247 e. The van der Waals surface area contributed by atoms with E-state index in [0.717, 1.165) is 35.3 Å². The van der Waals surface area contributed by atoms with E-state index >= 15 is 0 Å². The molecule has 0 aromatic heterocycles. The first-order chi connectivity index (χ1) is 16.4. The third kappa shape index (κ3) is 6.04. The highest BCUT2D eigenvalue weighted by atomic mass is 16.5. The number of aliphatic hydroxyl groups is 1. The Bertz CT molecular complexity index is 931. The number of aliphatic hydroxyl groups excluding tert-OH is 1. The number of rotatable bonds is 10. The van der Waals surface area contributed by atoms with Crippen molar-refractivity contribution in [2.45, 2.75) is 116 Å². The fraction of sp³-hybridized carbons (Fsp3) is 0.700. The summed E-state index contributed by atoms with van der Waals surface area (Å²) >= 11 is 0. The standard InChI is InChI=1S/C30H47NO4/c1-8-9-10-11-14-29(4,5)21-16-25(33)27-22-15-20(28(34)31-24(18-32)19(2)3)12-13-23(22)30(6,7)35-26(27)17-21/h12,16-17,19,22-24,32-33H,8-11,13-15,18H2,1-7H3,(H,31,34)/t22-,23-,24?/m1/s1. The number of unbranched alkanes of at least 4 members (excludes halogenated alkanes) is 3. The van der Waals surface area contributed by atoms with Crippen LogP contribution in [0.2, 0.25) is 0 Å². The lowest BCUT2D eigenvalue weighted by atomic mass is 9.66. The van der Waals surface area contributed by atoms with Gasteiger partial charge in [-0.2, -0.15) is 0 Å². The second kappa shape index (κ2) is 10.9. The fourth-order valence-corrected chi connectivity index (χ4v) is 5.79. The van der Waals surface area contributed by atoms with E-state index < -0.39 is 5.60 Å². The van der Waals surface area contributed by atoms with E-state index in [4.69, 9.17) is 4.74 Å². The Kier molecular flexibility index (Phi) is 8.62. The van der Waals surface area contributed by atoms with E-state index in [1.807, 2.05) is 26.0 Å². The smallest absolute Gasteiger partial charge is 0.247 e. The summed E-state index contributed by atoms with van der Waals surface area (Å²) in [6.45, 7) is 14.9. The number of amides is 1. The zero-order valence-corrected chi connectivity index (χ0v) is 22.9. The topological polar surface area (TPSA) is 78.8 Å². The van der Waals surface area contributed by atoms with Crippen molar-refractivity contribution in [3.63, 3.8) is 0 Å². The molecule has 5 heteroatoms. The van der Waals surface area contributed by atoms with Crippen molar-refractivity contribution in [3.05, 3.63) is 34.9 Å². The number of fused-ring (bicyclic) bond motifs is 3. The lowest BCUT2D eigenvalue weighted by Crippen LogP contribution is -2.47. The molecule has 0 saturated carbocycles. The van der Waals surface area contributed by atoms with E-state index in [9.17, 15) is 15.0 Å². The molecule has 0 radical (unpaired) electrons. The zero-order chi connectivity index (χ0) is 26.0. The number of carbonyl (C=O) groups is 1. The molecule has 1 amide bonds. The minimum atomic E-state index is -0.405. The summed E-state index contributed by atoms with van der Waals surface area (Å²) in [5, 5.41) is 23.9. The quantitative estimate of drug-likeness (QED) is 0.337. The Morgan fingerprint density at radius 3 is 2.57 bits per heavy atom. The first-order valence-electron chi connectivity index (χ1n) is 13.6. The van der Waals surface area contributed by atoms with E-state index in [1.54, 1.807) is 0 Å². The molecular formula is C30H47NO4. The SMILES string of the molecule is CCCCCCC(C)(C)c1cc(O)c2c(c1)OC(C)(C)[C@@H]1CC=C(C(=O)NC(CO)C(C)C)C[C@@H]21. The Labute approximate surface area is 212 Å². The predicted octanol–water partition coefficient (Wildman–Crippen LogP) is 6.36. The predicted molar refractivity (Wildman–Crippen MR) is 142 cm³/mol. The van der Waals surface area contributed by atoms with Crippen molar-refractivity contribution in [2.75, 3.05) is 6.61 Å². The second-order valence-electron chi connectivity index (χ2n) is 12.2. The van der Waals surface area contributed by atoms with E-state index in [2.05, 4.69) is 46.0 Å². The number of aromatic hydroxyl groups is 1. The number of hydrogen-bond acceptors (Lipinski definition) is 4. The normalized spacial score (nSPS) is 22.0. The van der Waals surface area contributed by atoms with E-state index in [-0.39, 0.29) is 47.5 Å². The molecule has 5 nitrogen and oxygen atoms in total. The van der Waals surface area contributed by atoms with Gasteiger partial charge in [-0.1, -0.05) is 66.4 Å². The molecule has 1 aromatic rings. The van der Waals surface area contributed by atoms with Crippen LogP contribution in [-0.2, 0) is 10.2 Å². The lowest BCUT2D eigenvalue weighted by Gasteiger charge is -2.47. The molecule has 2 aliphatic rings. The van der Waals surface area contributed by atoms with Crippen LogP contribution in [0, 0.1) is 11.8 Å². The summed E-state index contributed by atoms with van der Waals surface area (Å²) in [6, 6.07) is 3.79. The number of hydrogen-bond donors (Lipinski definition) is 3. The van der Waals surface area contributed by atoms with E-state index in [0.29, 0.717) is 6.42 Å². The lowest BCUT2D eigenvalue weighted by molar-refractivity contribution is -0.119. The van der Waals surface area contributed by atoms with Gasteiger partial charge in [-0.25, -0.2) is 0 Å². The molecule has 3 atom stereocenters. The van der Waals surface area contributed by atoms with Crippen molar-refractivity contribution in [2.24, 2.45) is 11.8 Å². The second-order valence-corrected chi connectivity index (χ2v) is 12.2. The summed E-state index contributed by atoms with van der Waals surface area (Å²) in [6.07, 6.45) is 9.24. The van der Waals surface area contributed by atoms with Crippen LogP contribution in [0.1, 0.15) is 110 Å². The van der Waals surface area contributed by atoms with Crippen LogP contribution in [-0.4, -0.2) is 34.4 Å². The highest BCUT2D eigenvalue weighted by Gasteiger charge is 2.47. The van der Waals surface area contributed by atoms with Gasteiger partial charge in [0, 0.05) is 23.0 Å². The first-order valence-corrected chi connectivity index (χ1v) is 13.6. The Morgan fingerprint density at radius 1 is 1.23 bits per heavy atom. The van der Waals surface area contributed by atoms with Crippen LogP contribution >= 0.6 is 0 Å². The Morgan fingerprint density at radius 2 is 1.94 bits per heavy atom. The van der Waals surface area contributed by atoms with Crippen LogP contribution in [0.4, 0.5) is 0 Å². The van der Waals surface area contributed by atoms with Crippen molar-refractivity contribution < 1.29 is 19.7 Å². The van der Waals surface area contributed by atoms with Gasteiger partial charge in [-0.3, -0.25) is 4.79 Å². The molecule has 3 N–H and O–H groups in total. The van der Waals surface area contributed by atoms with Gasteiger partial charge < -0.3 is 20.3 Å². The third-order valence-electron chi connectivity index (χ3n) is 8.35. The maximum absolute atomic E-state index is 13.1. The largest absolute Gasteiger partial charge is 0.508 e. The molecule has 0 saturated heterocycles. The number of phenols is 1. The number of nitrogens with one attached hydrogen (secondary N) is 1. The van der Waals surface area contributed by atoms with Gasteiger partial charge in [0.2, 0.25) is 5.91 Å². The number of ether oxygens (including phenoxy) is 1. The van der Waals surface area contributed by atoms with Gasteiger partial charge in [0.05, 0.1) is 12.6 Å². The van der Waals surface area contributed by atoms with Crippen molar-refractivity contribution >= 4 is 5.91 Å². The molecule has 1 aliphatic heterocycles. The average Bonchev–Trinajstić information content (AvgIpc) is 2.78. The zero-order valence-electron chi connectivity index (χ0n) is 22.9. The third-order valence-corrected chi connectivity index (χ3v) is 8.35. The van der Waals surface area contributed by atoms with E-state index in [1.165, 1.54) is 25.7 Å². The summed E-state index contributed by atoms with van der Waals surface area (Å²) in [7, 11) is 0. The monoisotopic (exact) mass is 485 g/mol. The first kappa shape index (κ1) is 27.6. The van der Waals surface area contributed by atoms with Crippen LogP contribution in [0.5, 0.6) is 11.5 Å². The Balaban J connectivity index is 1.89. The van der Waals surface area contributed by atoms with Crippen LogP contribution in [0.25, 0.3) is 0 Å². The van der Waals surface area contributed by atoms with Gasteiger partial charge in [-0.05, 0) is 62.1 Å². The molecule has 1 aliphatic carbocycles. The molecule has 196 valence electrons. The highest BCUT2D eigenvalue weighted by Crippen LogP contribution is 2.55. The molecule has 1 heterocycles. The fourth-order valence-electron chi connectivity index (χ4n) is 5.79. The van der Waals surface area contributed by atoms with Crippen molar-refractivity contribution in [1.82, 2.24) is 5.32 Å². The van der Waals surface area contributed by atoms with Gasteiger partial charge in [0.15, 0.2) is 0 Å². The molecule has 3 rings (SSSR count). The van der Waals surface area contributed by atoms with Crippen molar-refractivity contribution in [1.29, 1.82) is 0 Å². The molecular weight excluding hydrogens is 438 g/mol. The number of carbonyl (C=O) groups excluding carboxylic acids is 1. The number of benzene rings is 1. The molecule has 1 unspecified atom stereocenters. The van der Waals surface area contributed by atoms with Gasteiger partial charge in [0.1, 0.15) is 17.1 Å². The molecule has 1 aromatic carbocycles. The van der Waals surface area contributed by atoms with Gasteiger partial charge in [-0.15, -0.1) is 0 Å². The highest BCUT2D eigenvalue weighted by molar-refractivity contribution is 5.94. The number of phenolic OH excluding ortho intramolecular Hbond substituents is 1. The minimum Gasteiger partial charge on any atom is -0.508 e. The number of allylic oxidation sites excluding steroid dienone is 1. The summed E-state index contributed by atoms with van der Waals surface area (Å²) in [5.41, 5.74) is 2.21. The molecule has 0 fully saturated rings. The van der Waals surface area contributed by atoms with Crippen LogP contribution in [0.15, 0.2) is 23.8 Å². The van der Waals surface area contributed by atoms with Gasteiger partial charge >= 0.3 is 0 Å². The van der Waals surface area contributed by atoms with Crippen LogP contribution < -0.4 is 10.1 Å². The van der Waals surface area contributed by atoms with Crippen molar-refractivity contribution in [3.8, 4) is 11.5 Å². The molecule has 0 spiro atoms. The van der Waals surface area contributed by atoms with Gasteiger partial charge in [0.25, 0.3) is 0 Å². The van der Waals surface area contributed by atoms with Crippen LogP contribution in [0.3, 0.4) is 0 Å². The summed E-state index contributed by atoms with van der Waals surface area (Å²) in [5.74, 6) is 1.24. The minimum absolute atomic E-state index is 0.00726. The summed E-state index contributed by atoms with van der Waals surface area (Å²) in [4.78, 5) is 13.1. The Hall–Kier alpha value is -2.01. The maximum atomic E-state index is 13.1. The average molecular weight is 486 g/mol.